The summed E-state index contributed by atoms with van der Waals surface area (Å²) in [4.78, 5) is 8.90. The Morgan fingerprint density at radius 2 is 1.90 bits per heavy atom. The van der Waals surface area contributed by atoms with E-state index in [0.717, 1.165) is 43.4 Å². The van der Waals surface area contributed by atoms with E-state index in [9.17, 15) is 8.78 Å². The fraction of sp³-hybridized carbons (Fsp3) is 0.357. The Hall–Kier alpha value is -1.53. The van der Waals surface area contributed by atoms with E-state index in [4.69, 9.17) is 0 Å². The molecule has 1 aliphatic heterocycles. The second-order valence-corrected chi connectivity index (χ2v) is 5.77. The maximum Gasteiger partial charge on any atom is 0.185 e. The van der Waals surface area contributed by atoms with Crippen LogP contribution in [0.15, 0.2) is 23.6 Å². The standard InChI is InChI=1S/C14H15F2N3S/c1-18-4-6-19(7-5-18)14-17-13(9-20-14)11-8-10(15)2-3-12(11)16/h2-3,8-9H,4-7H2,1H3. The van der Waals surface area contributed by atoms with Gasteiger partial charge in [-0.3, -0.25) is 0 Å². The molecule has 0 radical (unpaired) electrons. The van der Waals surface area contributed by atoms with Gasteiger partial charge in [0.15, 0.2) is 5.13 Å². The zero-order valence-electron chi connectivity index (χ0n) is 11.1. The third kappa shape index (κ3) is 2.66. The van der Waals surface area contributed by atoms with E-state index in [-0.39, 0.29) is 5.56 Å². The number of halogens is 2. The molecule has 2 heterocycles. The molecule has 0 unspecified atom stereocenters. The first-order valence-corrected chi connectivity index (χ1v) is 7.36. The Bertz CT molecular complexity index is 606. The van der Waals surface area contributed by atoms with E-state index in [0.29, 0.717) is 5.69 Å². The van der Waals surface area contributed by atoms with Gasteiger partial charge in [-0.25, -0.2) is 13.8 Å². The second-order valence-electron chi connectivity index (χ2n) is 4.93. The molecule has 1 saturated heterocycles. The number of anilines is 1. The van der Waals surface area contributed by atoms with Gasteiger partial charge in [-0.2, -0.15) is 0 Å². The molecule has 0 amide bonds. The van der Waals surface area contributed by atoms with Crippen molar-refractivity contribution in [2.45, 2.75) is 0 Å². The van der Waals surface area contributed by atoms with Crippen LogP contribution in [0.4, 0.5) is 13.9 Å². The maximum atomic E-state index is 13.7. The Balaban J connectivity index is 1.85. The van der Waals surface area contributed by atoms with E-state index < -0.39 is 11.6 Å². The normalized spacial score (nSPS) is 16.6. The molecule has 2 aromatic rings. The van der Waals surface area contributed by atoms with Crippen LogP contribution in [0.5, 0.6) is 0 Å². The summed E-state index contributed by atoms with van der Waals surface area (Å²) in [5.74, 6) is -0.892. The molecule has 0 N–H and O–H groups in total. The molecule has 1 aromatic carbocycles. The zero-order chi connectivity index (χ0) is 14.1. The third-order valence-corrected chi connectivity index (χ3v) is 4.37. The molecule has 3 rings (SSSR count). The number of benzene rings is 1. The molecule has 1 aliphatic rings. The average Bonchev–Trinajstić information content (AvgIpc) is 2.92. The number of piperazine rings is 1. The smallest absolute Gasteiger partial charge is 0.185 e. The van der Waals surface area contributed by atoms with Crippen LogP contribution >= 0.6 is 11.3 Å². The van der Waals surface area contributed by atoms with Crippen molar-refractivity contribution in [1.82, 2.24) is 9.88 Å². The predicted octanol–water partition coefficient (Wildman–Crippen LogP) is 2.84. The lowest BCUT2D eigenvalue weighted by Crippen LogP contribution is -2.44. The number of thiazole rings is 1. The quantitative estimate of drug-likeness (QED) is 0.849. The van der Waals surface area contributed by atoms with Crippen molar-refractivity contribution in [3.05, 3.63) is 35.2 Å². The monoisotopic (exact) mass is 295 g/mol. The van der Waals surface area contributed by atoms with Crippen molar-refractivity contribution >= 4 is 16.5 Å². The fourth-order valence-corrected chi connectivity index (χ4v) is 3.10. The number of aromatic nitrogens is 1. The Morgan fingerprint density at radius 3 is 2.65 bits per heavy atom. The van der Waals surface area contributed by atoms with Gasteiger partial charge in [0.1, 0.15) is 11.6 Å². The highest BCUT2D eigenvalue weighted by Crippen LogP contribution is 2.29. The molecule has 6 heteroatoms. The minimum atomic E-state index is -0.449. The fourth-order valence-electron chi connectivity index (χ4n) is 2.22. The SMILES string of the molecule is CN1CCN(c2nc(-c3cc(F)ccc3F)cs2)CC1. The van der Waals surface area contributed by atoms with E-state index in [1.807, 2.05) is 0 Å². The zero-order valence-corrected chi connectivity index (χ0v) is 12.0. The summed E-state index contributed by atoms with van der Waals surface area (Å²) in [6.07, 6.45) is 0. The summed E-state index contributed by atoms with van der Waals surface area (Å²) in [5, 5.41) is 2.66. The first-order valence-electron chi connectivity index (χ1n) is 6.48. The number of hydrogen-bond acceptors (Lipinski definition) is 4. The van der Waals surface area contributed by atoms with Gasteiger partial charge in [-0.15, -0.1) is 11.3 Å². The molecule has 3 nitrogen and oxygen atoms in total. The van der Waals surface area contributed by atoms with Crippen LogP contribution in [-0.2, 0) is 0 Å². The summed E-state index contributed by atoms with van der Waals surface area (Å²) < 4.78 is 27.0. The van der Waals surface area contributed by atoms with E-state index in [2.05, 4.69) is 21.8 Å². The molecule has 1 aromatic heterocycles. The van der Waals surface area contributed by atoms with E-state index in [1.165, 1.54) is 17.4 Å². The highest BCUT2D eigenvalue weighted by molar-refractivity contribution is 7.14. The third-order valence-electron chi connectivity index (χ3n) is 3.47. The molecular formula is C14H15F2N3S. The maximum absolute atomic E-state index is 13.7. The van der Waals surface area contributed by atoms with Crippen molar-refractivity contribution in [2.24, 2.45) is 0 Å². The second kappa shape index (κ2) is 5.46. The molecule has 20 heavy (non-hydrogen) atoms. The van der Waals surface area contributed by atoms with Crippen LogP contribution in [0.2, 0.25) is 0 Å². The number of hydrogen-bond donors (Lipinski definition) is 0. The molecule has 0 saturated carbocycles. The van der Waals surface area contributed by atoms with E-state index in [1.54, 1.807) is 5.38 Å². The van der Waals surface area contributed by atoms with Crippen LogP contribution in [-0.4, -0.2) is 43.1 Å². The molecule has 0 aliphatic carbocycles. The van der Waals surface area contributed by atoms with Gasteiger partial charge in [-0.1, -0.05) is 0 Å². The van der Waals surface area contributed by atoms with Gasteiger partial charge >= 0.3 is 0 Å². The van der Waals surface area contributed by atoms with Crippen LogP contribution in [0.3, 0.4) is 0 Å². The largest absolute Gasteiger partial charge is 0.346 e. The van der Waals surface area contributed by atoms with Crippen molar-refractivity contribution in [3.8, 4) is 11.3 Å². The lowest BCUT2D eigenvalue weighted by molar-refractivity contribution is 0.313. The van der Waals surface area contributed by atoms with E-state index >= 15 is 0 Å². The summed E-state index contributed by atoms with van der Waals surface area (Å²) >= 11 is 1.47. The highest BCUT2D eigenvalue weighted by Gasteiger charge is 2.18. The Kier molecular flexibility index (Phi) is 3.67. The number of rotatable bonds is 2. The van der Waals surface area contributed by atoms with Crippen molar-refractivity contribution in [3.63, 3.8) is 0 Å². The van der Waals surface area contributed by atoms with Crippen LogP contribution in [0.25, 0.3) is 11.3 Å². The predicted molar refractivity (Wildman–Crippen MR) is 77.2 cm³/mol. The minimum Gasteiger partial charge on any atom is -0.346 e. The summed E-state index contributed by atoms with van der Waals surface area (Å²) in [5.41, 5.74) is 0.725. The van der Waals surface area contributed by atoms with Crippen molar-refractivity contribution in [1.29, 1.82) is 0 Å². The first kappa shape index (κ1) is 13.5. The van der Waals surface area contributed by atoms with Gasteiger partial charge in [0.05, 0.1) is 5.69 Å². The lowest BCUT2D eigenvalue weighted by Gasteiger charge is -2.32. The molecule has 106 valence electrons. The molecule has 0 bridgehead atoms. The first-order chi connectivity index (χ1) is 9.63. The summed E-state index contributed by atoms with van der Waals surface area (Å²) in [6.45, 7) is 3.80. The summed E-state index contributed by atoms with van der Waals surface area (Å²) in [7, 11) is 2.09. The molecule has 1 fully saturated rings. The van der Waals surface area contributed by atoms with Gasteiger partial charge in [0.2, 0.25) is 0 Å². The van der Waals surface area contributed by atoms with Crippen LogP contribution in [0.1, 0.15) is 0 Å². The average molecular weight is 295 g/mol. The van der Waals surface area contributed by atoms with Gasteiger partial charge in [-0.05, 0) is 25.2 Å². The number of likely N-dealkylation sites (N-methyl/N-ethyl adjacent to an activating group) is 1. The van der Waals surface area contributed by atoms with Crippen molar-refractivity contribution < 1.29 is 8.78 Å². The van der Waals surface area contributed by atoms with Gasteiger partial charge in [0, 0.05) is 37.1 Å². The minimum absolute atomic E-state index is 0.224. The van der Waals surface area contributed by atoms with Gasteiger partial charge in [0.25, 0.3) is 0 Å². The van der Waals surface area contributed by atoms with Gasteiger partial charge < -0.3 is 9.80 Å². The highest BCUT2D eigenvalue weighted by atomic mass is 32.1. The number of nitrogens with zero attached hydrogens (tertiary/aromatic N) is 3. The summed E-state index contributed by atoms with van der Waals surface area (Å²) in [6, 6.07) is 3.45. The molecule has 0 spiro atoms. The van der Waals surface area contributed by atoms with Crippen molar-refractivity contribution in [2.75, 3.05) is 38.1 Å². The topological polar surface area (TPSA) is 19.4 Å². The van der Waals surface area contributed by atoms with Crippen LogP contribution < -0.4 is 4.90 Å². The molecule has 0 atom stereocenters. The molecular weight excluding hydrogens is 280 g/mol. The Morgan fingerprint density at radius 1 is 1.15 bits per heavy atom. The lowest BCUT2D eigenvalue weighted by atomic mass is 10.1. The Labute approximate surface area is 120 Å². The van der Waals surface area contributed by atoms with Crippen LogP contribution in [0, 0.1) is 11.6 Å².